The summed E-state index contributed by atoms with van der Waals surface area (Å²) in [6.45, 7) is 2.00. The van der Waals surface area contributed by atoms with Crippen molar-refractivity contribution < 1.29 is 14.2 Å². The van der Waals surface area contributed by atoms with E-state index in [1.54, 1.807) is 29.9 Å². The van der Waals surface area contributed by atoms with Crippen LogP contribution in [0.2, 0.25) is 0 Å². The molecule has 0 aliphatic carbocycles. The summed E-state index contributed by atoms with van der Waals surface area (Å²) in [5.74, 6) is -0.201. The molecule has 0 amide bonds. The smallest absolute Gasteiger partial charge is 0.165 e. The monoisotopic (exact) mass is 251 g/mol. The SMILES string of the molecule is COc1ccc(Cn2cc(C(C)O)nn2)cc1F. The van der Waals surface area contributed by atoms with Crippen molar-refractivity contribution in [3.8, 4) is 5.75 Å². The Bertz CT molecular complexity index is 540. The Kier molecular flexibility index (Phi) is 3.57. The first-order valence-electron chi connectivity index (χ1n) is 5.50. The molecule has 0 spiro atoms. The third-order valence-electron chi connectivity index (χ3n) is 2.55. The van der Waals surface area contributed by atoms with Gasteiger partial charge in [-0.3, -0.25) is 0 Å². The molecule has 0 radical (unpaired) electrons. The topological polar surface area (TPSA) is 60.2 Å². The molecule has 0 aliphatic heterocycles. The molecule has 1 aromatic carbocycles. The van der Waals surface area contributed by atoms with Crippen molar-refractivity contribution in [3.05, 3.63) is 41.5 Å². The third-order valence-corrected chi connectivity index (χ3v) is 2.55. The normalized spacial score (nSPS) is 12.4. The van der Waals surface area contributed by atoms with Crippen LogP contribution in [-0.2, 0) is 6.54 Å². The highest BCUT2D eigenvalue weighted by atomic mass is 19.1. The summed E-state index contributed by atoms with van der Waals surface area (Å²) in [4.78, 5) is 0. The van der Waals surface area contributed by atoms with E-state index in [0.29, 0.717) is 12.2 Å². The molecule has 96 valence electrons. The molecular formula is C12H14FN3O2. The number of hydrogen-bond acceptors (Lipinski definition) is 4. The van der Waals surface area contributed by atoms with Crippen molar-refractivity contribution in [2.24, 2.45) is 0 Å². The van der Waals surface area contributed by atoms with Crippen LogP contribution in [-0.4, -0.2) is 27.2 Å². The van der Waals surface area contributed by atoms with Crippen molar-refractivity contribution in [3.63, 3.8) is 0 Å². The molecule has 2 aromatic rings. The van der Waals surface area contributed by atoms with Crippen LogP contribution in [0.15, 0.2) is 24.4 Å². The predicted octanol–water partition coefficient (Wildman–Crippen LogP) is 1.53. The minimum Gasteiger partial charge on any atom is -0.494 e. The van der Waals surface area contributed by atoms with Gasteiger partial charge in [0.15, 0.2) is 11.6 Å². The average Bonchev–Trinajstić information content (AvgIpc) is 2.78. The zero-order valence-electron chi connectivity index (χ0n) is 10.2. The quantitative estimate of drug-likeness (QED) is 0.895. The first kappa shape index (κ1) is 12.5. The van der Waals surface area contributed by atoms with Crippen LogP contribution >= 0.6 is 0 Å². The lowest BCUT2D eigenvalue weighted by atomic mass is 10.2. The highest BCUT2D eigenvalue weighted by Crippen LogP contribution is 2.18. The lowest BCUT2D eigenvalue weighted by molar-refractivity contribution is 0.194. The minimum absolute atomic E-state index is 0.210. The Labute approximate surface area is 104 Å². The average molecular weight is 251 g/mol. The maximum Gasteiger partial charge on any atom is 0.165 e. The van der Waals surface area contributed by atoms with Crippen LogP contribution in [0.4, 0.5) is 4.39 Å². The van der Waals surface area contributed by atoms with Gasteiger partial charge in [0.25, 0.3) is 0 Å². The summed E-state index contributed by atoms with van der Waals surface area (Å²) in [6.07, 6.45) is 0.971. The molecule has 0 saturated carbocycles. The van der Waals surface area contributed by atoms with Crippen molar-refractivity contribution in [1.82, 2.24) is 15.0 Å². The van der Waals surface area contributed by atoms with Gasteiger partial charge in [0, 0.05) is 0 Å². The molecule has 1 unspecified atom stereocenters. The maximum atomic E-state index is 13.5. The number of halogens is 1. The van der Waals surface area contributed by atoms with E-state index in [2.05, 4.69) is 10.3 Å². The highest BCUT2D eigenvalue weighted by molar-refractivity contribution is 5.29. The molecule has 6 heteroatoms. The van der Waals surface area contributed by atoms with Crippen molar-refractivity contribution in [2.75, 3.05) is 7.11 Å². The fourth-order valence-corrected chi connectivity index (χ4v) is 1.58. The second-order valence-corrected chi connectivity index (χ2v) is 3.99. The number of rotatable bonds is 4. The molecule has 1 heterocycles. The number of aliphatic hydroxyl groups is 1. The van der Waals surface area contributed by atoms with Crippen LogP contribution in [0.1, 0.15) is 24.3 Å². The number of ether oxygens (including phenoxy) is 1. The van der Waals surface area contributed by atoms with E-state index < -0.39 is 11.9 Å². The number of methoxy groups -OCH3 is 1. The van der Waals surface area contributed by atoms with Gasteiger partial charge >= 0.3 is 0 Å². The molecule has 1 aromatic heterocycles. The number of benzene rings is 1. The van der Waals surface area contributed by atoms with Gasteiger partial charge in [-0.05, 0) is 24.6 Å². The maximum absolute atomic E-state index is 13.5. The second-order valence-electron chi connectivity index (χ2n) is 3.99. The van der Waals surface area contributed by atoms with Crippen molar-refractivity contribution >= 4 is 0 Å². The third kappa shape index (κ3) is 2.65. The van der Waals surface area contributed by atoms with Crippen LogP contribution in [0, 0.1) is 5.82 Å². The van der Waals surface area contributed by atoms with Gasteiger partial charge in [-0.25, -0.2) is 9.07 Å². The minimum atomic E-state index is -0.661. The first-order chi connectivity index (χ1) is 8.60. The van der Waals surface area contributed by atoms with E-state index in [9.17, 15) is 9.50 Å². The van der Waals surface area contributed by atoms with E-state index in [-0.39, 0.29) is 5.75 Å². The first-order valence-corrected chi connectivity index (χ1v) is 5.50. The zero-order chi connectivity index (χ0) is 13.1. The van der Waals surface area contributed by atoms with E-state index in [1.165, 1.54) is 13.2 Å². The summed E-state index contributed by atoms with van der Waals surface area (Å²) >= 11 is 0. The summed E-state index contributed by atoms with van der Waals surface area (Å²) in [6, 6.07) is 4.71. The van der Waals surface area contributed by atoms with Crippen molar-refractivity contribution in [2.45, 2.75) is 19.6 Å². The van der Waals surface area contributed by atoms with Crippen LogP contribution in [0.5, 0.6) is 5.75 Å². The second kappa shape index (κ2) is 5.14. The number of hydrogen-bond donors (Lipinski definition) is 1. The predicted molar refractivity (Wildman–Crippen MR) is 62.7 cm³/mol. The molecule has 18 heavy (non-hydrogen) atoms. The number of aromatic nitrogens is 3. The van der Waals surface area contributed by atoms with E-state index in [0.717, 1.165) is 5.56 Å². The van der Waals surface area contributed by atoms with Crippen molar-refractivity contribution in [1.29, 1.82) is 0 Å². The number of nitrogens with zero attached hydrogens (tertiary/aromatic N) is 3. The zero-order valence-corrected chi connectivity index (χ0v) is 10.2. The summed E-state index contributed by atoms with van der Waals surface area (Å²) < 4.78 is 19.9. The van der Waals surface area contributed by atoms with E-state index >= 15 is 0 Å². The van der Waals surface area contributed by atoms with Gasteiger partial charge in [0.1, 0.15) is 5.69 Å². The Hall–Kier alpha value is -1.95. The van der Waals surface area contributed by atoms with Crippen LogP contribution < -0.4 is 4.74 Å². The Balaban J connectivity index is 2.15. The van der Waals surface area contributed by atoms with Gasteiger partial charge in [-0.2, -0.15) is 0 Å². The van der Waals surface area contributed by atoms with Gasteiger partial charge in [0.05, 0.1) is 26.0 Å². The largest absolute Gasteiger partial charge is 0.494 e. The molecule has 5 nitrogen and oxygen atoms in total. The fourth-order valence-electron chi connectivity index (χ4n) is 1.58. The summed E-state index contributed by atoms with van der Waals surface area (Å²) in [7, 11) is 1.42. The van der Waals surface area contributed by atoms with E-state index in [4.69, 9.17) is 4.74 Å². The molecule has 0 bridgehead atoms. The van der Waals surface area contributed by atoms with Gasteiger partial charge in [0.2, 0.25) is 0 Å². The van der Waals surface area contributed by atoms with E-state index in [1.807, 2.05) is 0 Å². The molecule has 1 N–H and O–H groups in total. The van der Waals surface area contributed by atoms with Gasteiger partial charge in [-0.15, -0.1) is 5.10 Å². The summed E-state index contributed by atoms with van der Waals surface area (Å²) in [5, 5.41) is 17.0. The molecule has 0 fully saturated rings. The molecule has 0 saturated heterocycles. The lowest BCUT2D eigenvalue weighted by Crippen LogP contribution is -2.01. The van der Waals surface area contributed by atoms with Crippen LogP contribution in [0.25, 0.3) is 0 Å². The Morgan fingerprint density at radius 3 is 2.83 bits per heavy atom. The highest BCUT2D eigenvalue weighted by Gasteiger charge is 2.08. The molecular weight excluding hydrogens is 237 g/mol. The van der Waals surface area contributed by atoms with Gasteiger partial charge < -0.3 is 9.84 Å². The number of aliphatic hydroxyl groups excluding tert-OH is 1. The fraction of sp³-hybridized carbons (Fsp3) is 0.333. The Morgan fingerprint density at radius 2 is 2.28 bits per heavy atom. The molecule has 1 atom stereocenters. The van der Waals surface area contributed by atoms with Gasteiger partial charge in [-0.1, -0.05) is 11.3 Å². The standard InChI is InChI=1S/C12H14FN3O2/c1-8(17)11-7-16(15-14-11)6-9-3-4-12(18-2)10(13)5-9/h3-5,7-8,17H,6H2,1-2H3. The summed E-state index contributed by atoms with van der Waals surface area (Å²) in [5.41, 5.74) is 1.24. The lowest BCUT2D eigenvalue weighted by Gasteiger charge is -2.05. The Morgan fingerprint density at radius 1 is 1.50 bits per heavy atom. The van der Waals surface area contributed by atoms with Crippen LogP contribution in [0.3, 0.4) is 0 Å². The molecule has 0 aliphatic rings. The molecule has 2 rings (SSSR count).